The van der Waals surface area contributed by atoms with E-state index < -0.39 is 10.0 Å². The van der Waals surface area contributed by atoms with E-state index in [9.17, 15) is 8.42 Å². The molecule has 0 aliphatic rings. The average Bonchev–Trinajstić information content (AvgIpc) is 2.74. The Balaban J connectivity index is 3.03. The highest BCUT2D eigenvalue weighted by molar-refractivity contribution is 7.89. The zero-order chi connectivity index (χ0) is 13.1. The van der Waals surface area contributed by atoms with Gasteiger partial charge in [0.1, 0.15) is 5.84 Å². The van der Waals surface area contributed by atoms with Crippen LogP contribution in [0, 0.1) is 5.41 Å². The topological polar surface area (TPSA) is 105 Å². The highest BCUT2D eigenvalue weighted by Gasteiger charge is 2.25. The number of nitrogens with two attached hydrogens (primary N) is 1. The summed E-state index contributed by atoms with van der Waals surface area (Å²) in [5.74, 6) is -0.189. The normalized spacial score (nSPS) is 11.9. The van der Waals surface area contributed by atoms with Gasteiger partial charge in [0, 0.05) is 19.3 Å². The molecule has 96 valence electrons. The van der Waals surface area contributed by atoms with Crippen LogP contribution in [-0.2, 0) is 16.6 Å². The second-order valence-corrected chi connectivity index (χ2v) is 5.38. The van der Waals surface area contributed by atoms with E-state index >= 15 is 0 Å². The van der Waals surface area contributed by atoms with Crippen LogP contribution in [0.25, 0.3) is 0 Å². The standard InChI is InChI=1S/C9H17N5O2S/c1-3-13-6-9(12-7-13)17(15,16)14(4-2)5-8(10)11/h6-7H,3-5H2,1-2H3,(H3,10,11). The predicted molar refractivity (Wildman–Crippen MR) is 64.2 cm³/mol. The first kappa shape index (κ1) is 13.7. The van der Waals surface area contributed by atoms with E-state index in [0.29, 0.717) is 6.54 Å². The third kappa shape index (κ3) is 3.04. The van der Waals surface area contributed by atoms with Crippen molar-refractivity contribution in [1.29, 1.82) is 5.41 Å². The van der Waals surface area contributed by atoms with Gasteiger partial charge in [0.2, 0.25) is 0 Å². The fourth-order valence-corrected chi connectivity index (χ4v) is 2.70. The van der Waals surface area contributed by atoms with Crippen LogP contribution >= 0.6 is 0 Å². The van der Waals surface area contributed by atoms with Gasteiger partial charge in [0.05, 0.1) is 12.9 Å². The first-order valence-corrected chi connectivity index (χ1v) is 6.70. The van der Waals surface area contributed by atoms with E-state index in [4.69, 9.17) is 11.1 Å². The van der Waals surface area contributed by atoms with Crippen molar-refractivity contribution in [2.45, 2.75) is 25.4 Å². The molecule has 0 radical (unpaired) electrons. The first-order valence-electron chi connectivity index (χ1n) is 5.26. The molecule has 1 aromatic heterocycles. The van der Waals surface area contributed by atoms with E-state index in [-0.39, 0.29) is 24.0 Å². The molecule has 0 aliphatic heterocycles. The van der Waals surface area contributed by atoms with Crippen molar-refractivity contribution in [2.24, 2.45) is 5.73 Å². The minimum atomic E-state index is -3.65. The molecule has 1 aromatic rings. The molecule has 0 bridgehead atoms. The average molecular weight is 259 g/mol. The van der Waals surface area contributed by atoms with E-state index in [1.54, 1.807) is 11.5 Å². The summed E-state index contributed by atoms with van der Waals surface area (Å²) >= 11 is 0. The maximum atomic E-state index is 12.1. The Morgan fingerprint density at radius 1 is 1.59 bits per heavy atom. The molecule has 0 atom stereocenters. The molecule has 0 amide bonds. The van der Waals surface area contributed by atoms with Crippen molar-refractivity contribution in [2.75, 3.05) is 13.1 Å². The number of likely N-dealkylation sites (N-methyl/N-ethyl adjacent to an activating group) is 1. The summed E-state index contributed by atoms with van der Waals surface area (Å²) in [6.07, 6.45) is 2.94. The number of aryl methyl sites for hydroxylation is 1. The number of nitrogens with one attached hydrogen (secondary N) is 1. The van der Waals surface area contributed by atoms with Crippen LogP contribution in [0.4, 0.5) is 0 Å². The van der Waals surface area contributed by atoms with Crippen LogP contribution in [0.1, 0.15) is 13.8 Å². The maximum Gasteiger partial charge on any atom is 0.262 e. The molecule has 1 heterocycles. The molecule has 7 nitrogen and oxygen atoms in total. The van der Waals surface area contributed by atoms with Crippen LogP contribution < -0.4 is 5.73 Å². The molecule has 0 aromatic carbocycles. The van der Waals surface area contributed by atoms with E-state index in [2.05, 4.69) is 4.98 Å². The summed E-state index contributed by atoms with van der Waals surface area (Å²) in [5, 5.41) is 7.15. The number of hydrogen-bond acceptors (Lipinski definition) is 4. The summed E-state index contributed by atoms with van der Waals surface area (Å²) in [4.78, 5) is 3.86. The van der Waals surface area contributed by atoms with E-state index in [1.807, 2.05) is 6.92 Å². The zero-order valence-electron chi connectivity index (χ0n) is 9.92. The quantitative estimate of drug-likeness (QED) is 0.547. The monoisotopic (exact) mass is 259 g/mol. The van der Waals surface area contributed by atoms with Crippen molar-refractivity contribution in [3.05, 3.63) is 12.5 Å². The first-order chi connectivity index (χ1) is 7.91. The number of amidine groups is 1. The van der Waals surface area contributed by atoms with Gasteiger partial charge in [-0.25, -0.2) is 13.4 Å². The van der Waals surface area contributed by atoms with Gasteiger partial charge >= 0.3 is 0 Å². The number of rotatable bonds is 6. The summed E-state index contributed by atoms with van der Waals surface area (Å²) in [6.45, 7) is 4.38. The van der Waals surface area contributed by atoms with Crippen molar-refractivity contribution < 1.29 is 8.42 Å². The van der Waals surface area contributed by atoms with E-state index in [0.717, 1.165) is 4.31 Å². The number of imidazole rings is 1. The number of aromatic nitrogens is 2. The van der Waals surface area contributed by atoms with Gasteiger partial charge in [-0.2, -0.15) is 4.31 Å². The Kier molecular flexibility index (Phi) is 4.24. The summed E-state index contributed by atoms with van der Waals surface area (Å²) in [7, 11) is -3.65. The number of hydrogen-bond donors (Lipinski definition) is 2. The van der Waals surface area contributed by atoms with Gasteiger partial charge < -0.3 is 10.3 Å². The lowest BCUT2D eigenvalue weighted by molar-refractivity contribution is 0.463. The number of nitrogens with zero attached hydrogens (tertiary/aromatic N) is 3. The Morgan fingerprint density at radius 2 is 2.24 bits per heavy atom. The second-order valence-electron chi connectivity index (χ2n) is 3.50. The summed E-state index contributed by atoms with van der Waals surface area (Å²) in [6, 6.07) is 0. The van der Waals surface area contributed by atoms with Gasteiger partial charge in [-0.3, -0.25) is 5.41 Å². The van der Waals surface area contributed by atoms with Crippen LogP contribution in [0.3, 0.4) is 0 Å². The molecule has 1 rings (SSSR count). The molecule has 0 fully saturated rings. The van der Waals surface area contributed by atoms with Crippen molar-refractivity contribution in [1.82, 2.24) is 13.9 Å². The Labute approximate surface area is 101 Å². The number of sulfonamides is 1. The molecular weight excluding hydrogens is 242 g/mol. The van der Waals surface area contributed by atoms with Gasteiger partial charge in [0.25, 0.3) is 10.0 Å². The van der Waals surface area contributed by atoms with Crippen LogP contribution in [0.5, 0.6) is 0 Å². The van der Waals surface area contributed by atoms with E-state index in [1.165, 1.54) is 12.5 Å². The Morgan fingerprint density at radius 3 is 2.65 bits per heavy atom. The highest BCUT2D eigenvalue weighted by atomic mass is 32.2. The van der Waals surface area contributed by atoms with Crippen molar-refractivity contribution >= 4 is 15.9 Å². The molecular formula is C9H17N5O2S. The fourth-order valence-electron chi connectivity index (χ4n) is 1.33. The lowest BCUT2D eigenvalue weighted by atomic mass is 10.6. The summed E-state index contributed by atoms with van der Waals surface area (Å²) in [5.41, 5.74) is 5.23. The minimum Gasteiger partial charge on any atom is -0.387 e. The lowest BCUT2D eigenvalue weighted by Crippen LogP contribution is -2.38. The largest absolute Gasteiger partial charge is 0.387 e. The second kappa shape index (κ2) is 5.28. The fraction of sp³-hybridized carbons (Fsp3) is 0.556. The van der Waals surface area contributed by atoms with Crippen LogP contribution in [0.15, 0.2) is 17.6 Å². The molecule has 3 N–H and O–H groups in total. The van der Waals surface area contributed by atoms with Gasteiger partial charge in [-0.1, -0.05) is 6.92 Å². The lowest BCUT2D eigenvalue weighted by Gasteiger charge is -2.17. The zero-order valence-corrected chi connectivity index (χ0v) is 10.7. The molecule has 8 heteroatoms. The maximum absolute atomic E-state index is 12.1. The van der Waals surface area contributed by atoms with Crippen molar-refractivity contribution in [3.63, 3.8) is 0 Å². The highest BCUT2D eigenvalue weighted by Crippen LogP contribution is 2.12. The molecule has 0 saturated carbocycles. The Hall–Kier alpha value is -1.41. The molecule has 0 spiro atoms. The van der Waals surface area contributed by atoms with Gasteiger partial charge in [0.15, 0.2) is 5.03 Å². The van der Waals surface area contributed by atoms with Gasteiger partial charge in [-0.15, -0.1) is 0 Å². The molecule has 0 aliphatic carbocycles. The summed E-state index contributed by atoms with van der Waals surface area (Å²) < 4.78 is 27.0. The molecule has 17 heavy (non-hydrogen) atoms. The van der Waals surface area contributed by atoms with Crippen LogP contribution in [-0.4, -0.2) is 41.2 Å². The smallest absolute Gasteiger partial charge is 0.262 e. The van der Waals surface area contributed by atoms with Gasteiger partial charge in [-0.05, 0) is 6.92 Å². The molecule has 0 saturated heterocycles. The minimum absolute atomic E-state index is 0.0116. The third-order valence-electron chi connectivity index (χ3n) is 2.28. The Bertz CT molecular complexity index is 493. The molecule has 0 unspecified atom stereocenters. The third-order valence-corrected chi connectivity index (χ3v) is 4.08. The SMILES string of the molecule is CCN(CC(=N)N)S(=O)(=O)c1cn(CC)cn1. The predicted octanol–water partition coefficient (Wildman–Crippen LogP) is -0.150. The van der Waals surface area contributed by atoms with Crippen LogP contribution in [0.2, 0.25) is 0 Å². The van der Waals surface area contributed by atoms with Crippen molar-refractivity contribution in [3.8, 4) is 0 Å².